The molecule has 2 nitrogen and oxygen atoms in total. The van der Waals surface area contributed by atoms with Gasteiger partial charge in [-0.2, -0.15) is 0 Å². The van der Waals surface area contributed by atoms with E-state index in [4.69, 9.17) is 4.74 Å². The monoisotopic (exact) mass is 238 g/mol. The van der Waals surface area contributed by atoms with Crippen LogP contribution in [0.1, 0.15) is 43.5 Å². The van der Waals surface area contributed by atoms with Crippen LogP contribution < -0.4 is 4.74 Å². The molecule has 0 aliphatic carbocycles. The molecule has 0 heterocycles. The van der Waals surface area contributed by atoms with E-state index in [1.165, 1.54) is 25.3 Å². The van der Waals surface area contributed by atoms with E-state index < -0.39 is 5.82 Å². The van der Waals surface area contributed by atoms with Crippen LogP contribution in [0.2, 0.25) is 0 Å². The number of ether oxygens (including phenoxy) is 1. The molecule has 1 rings (SSSR count). The van der Waals surface area contributed by atoms with Crippen molar-refractivity contribution in [2.75, 3.05) is 7.11 Å². The van der Waals surface area contributed by atoms with Crippen LogP contribution in [0.15, 0.2) is 18.2 Å². The van der Waals surface area contributed by atoms with Crippen LogP contribution in [0.4, 0.5) is 4.39 Å². The second-order valence-corrected chi connectivity index (χ2v) is 4.37. The molecule has 0 radical (unpaired) electrons. The van der Waals surface area contributed by atoms with Gasteiger partial charge in [-0.3, -0.25) is 4.79 Å². The highest BCUT2D eigenvalue weighted by molar-refractivity contribution is 5.96. The Morgan fingerprint density at radius 1 is 1.47 bits per heavy atom. The van der Waals surface area contributed by atoms with E-state index in [-0.39, 0.29) is 11.5 Å². The van der Waals surface area contributed by atoms with E-state index in [2.05, 4.69) is 13.8 Å². The van der Waals surface area contributed by atoms with Crippen LogP contribution in [-0.2, 0) is 0 Å². The van der Waals surface area contributed by atoms with Crippen molar-refractivity contribution in [3.05, 3.63) is 29.6 Å². The molecular formula is C14H19FO2. The van der Waals surface area contributed by atoms with E-state index in [0.717, 1.165) is 12.8 Å². The van der Waals surface area contributed by atoms with Crippen LogP contribution in [-0.4, -0.2) is 12.9 Å². The predicted molar refractivity (Wildman–Crippen MR) is 66.0 cm³/mol. The molecule has 0 saturated heterocycles. The van der Waals surface area contributed by atoms with Gasteiger partial charge in [0.25, 0.3) is 0 Å². The van der Waals surface area contributed by atoms with Gasteiger partial charge in [0.2, 0.25) is 0 Å². The molecule has 0 saturated carbocycles. The molecule has 0 N–H and O–H groups in total. The van der Waals surface area contributed by atoms with E-state index in [1.54, 1.807) is 0 Å². The minimum absolute atomic E-state index is 0.0456. The molecule has 0 aliphatic rings. The summed E-state index contributed by atoms with van der Waals surface area (Å²) in [4.78, 5) is 11.9. The van der Waals surface area contributed by atoms with Gasteiger partial charge in [-0.25, -0.2) is 4.39 Å². The van der Waals surface area contributed by atoms with Crippen LogP contribution in [0.3, 0.4) is 0 Å². The first kappa shape index (κ1) is 13.7. The average Bonchev–Trinajstić information content (AvgIpc) is 2.29. The third-order valence-electron chi connectivity index (χ3n) is 2.79. The highest BCUT2D eigenvalue weighted by Crippen LogP contribution is 2.21. The fourth-order valence-corrected chi connectivity index (χ4v) is 1.86. The topological polar surface area (TPSA) is 26.3 Å². The molecule has 1 atom stereocenters. The Balaban J connectivity index is 2.75. The summed E-state index contributed by atoms with van der Waals surface area (Å²) >= 11 is 0. The Morgan fingerprint density at radius 3 is 2.76 bits per heavy atom. The van der Waals surface area contributed by atoms with E-state index in [1.807, 2.05) is 0 Å². The molecule has 0 aliphatic heterocycles. The van der Waals surface area contributed by atoms with Crippen molar-refractivity contribution in [1.82, 2.24) is 0 Å². The zero-order valence-corrected chi connectivity index (χ0v) is 10.6. The number of Topliss-reactive ketones (excluding diaryl/α,β-unsaturated/α-hetero) is 1. The van der Waals surface area contributed by atoms with Crippen LogP contribution in [0.25, 0.3) is 0 Å². The number of carbonyl (C=O) groups is 1. The summed E-state index contributed by atoms with van der Waals surface area (Å²) in [6.07, 6.45) is 2.61. The normalized spacial score (nSPS) is 12.2. The zero-order valence-electron chi connectivity index (χ0n) is 10.6. The predicted octanol–water partition coefficient (Wildman–Crippen LogP) is 3.84. The maximum Gasteiger partial charge on any atom is 0.165 e. The number of hydrogen-bond acceptors (Lipinski definition) is 2. The van der Waals surface area contributed by atoms with Crippen molar-refractivity contribution in [3.63, 3.8) is 0 Å². The van der Waals surface area contributed by atoms with Gasteiger partial charge in [0.15, 0.2) is 17.3 Å². The average molecular weight is 238 g/mol. The molecule has 17 heavy (non-hydrogen) atoms. The van der Waals surface area contributed by atoms with Crippen molar-refractivity contribution in [2.45, 2.75) is 33.1 Å². The maximum absolute atomic E-state index is 13.2. The van der Waals surface area contributed by atoms with Gasteiger partial charge in [0.05, 0.1) is 7.11 Å². The summed E-state index contributed by atoms with van der Waals surface area (Å²) in [6, 6.07) is 4.26. The quantitative estimate of drug-likeness (QED) is 0.704. The molecule has 0 fully saturated rings. The van der Waals surface area contributed by atoms with Crippen molar-refractivity contribution in [1.29, 1.82) is 0 Å². The Hall–Kier alpha value is -1.38. The first-order chi connectivity index (χ1) is 8.08. The van der Waals surface area contributed by atoms with Crippen molar-refractivity contribution >= 4 is 5.78 Å². The fourth-order valence-electron chi connectivity index (χ4n) is 1.86. The number of halogens is 1. The molecule has 0 aromatic heterocycles. The second kappa shape index (κ2) is 6.38. The van der Waals surface area contributed by atoms with E-state index >= 15 is 0 Å². The minimum atomic E-state index is -0.439. The minimum Gasteiger partial charge on any atom is -0.494 e. The Bertz CT molecular complexity index is 388. The van der Waals surface area contributed by atoms with Gasteiger partial charge in [-0.1, -0.05) is 26.7 Å². The maximum atomic E-state index is 13.2. The molecule has 3 heteroatoms. The highest BCUT2D eigenvalue weighted by Gasteiger charge is 2.13. The molecule has 0 amide bonds. The second-order valence-electron chi connectivity index (χ2n) is 4.37. The molecule has 0 spiro atoms. The number of carbonyl (C=O) groups excluding carboxylic acids is 1. The van der Waals surface area contributed by atoms with Gasteiger partial charge >= 0.3 is 0 Å². The van der Waals surface area contributed by atoms with Gasteiger partial charge < -0.3 is 4.74 Å². The first-order valence-corrected chi connectivity index (χ1v) is 5.95. The van der Waals surface area contributed by atoms with Crippen molar-refractivity contribution in [3.8, 4) is 5.75 Å². The summed E-state index contributed by atoms with van der Waals surface area (Å²) < 4.78 is 18.0. The Kier molecular flexibility index (Phi) is 5.13. The third-order valence-corrected chi connectivity index (χ3v) is 2.79. The number of ketones is 1. The largest absolute Gasteiger partial charge is 0.494 e. The van der Waals surface area contributed by atoms with Crippen LogP contribution >= 0.6 is 0 Å². The molecule has 1 aromatic carbocycles. The molecular weight excluding hydrogens is 219 g/mol. The summed E-state index contributed by atoms with van der Waals surface area (Å²) in [5.41, 5.74) is 0.520. The van der Waals surface area contributed by atoms with Gasteiger partial charge in [-0.05, 0) is 24.1 Å². The van der Waals surface area contributed by atoms with Gasteiger partial charge in [0.1, 0.15) is 0 Å². The SMILES string of the molecule is CCCC(C)CC(=O)c1ccc(F)c(OC)c1. The number of rotatable bonds is 6. The first-order valence-electron chi connectivity index (χ1n) is 5.95. The van der Waals surface area contributed by atoms with Crippen molar-refractivity contribution in [2.24, 2.45) is 5.92 Å². The number of hydrogen-bond donors (Lipinski definition) is 0. The lowest BCUT2D eigenvalue weighted by Gasteiger charge is -2.09. The standard InChI is InChI=1S/C14H19FO2/c1-4-5-10(2)8-13(16)11-6-7-12(15)14(9-11)17-3/h6-7,9-10H,4-5,8H2,1-3H3. The lowest BCUT2D eigenvalue weighted by atomic mass is 9.96. The summed E-state index contributed by atoms with van der Waals surface area (Å²) in [5, 5.41) is 0. The fraction of sp³-hybridized carbons (Fsp3) is 0.500. The van der Waals surface area contributed by atoms with Crippen LogP contribution in [0.5, 0.6) is 5.75 Å². The van der Waals surface area contributed by atoms with Crippen LogP contribution in [0, 0.1) is 11.7 Å². The Labute approximate surface area is 102 Å². The van der Waals surface area contributed by atoms with E-state index in [0.29, 0.717) is 17.9 Å². The summed E-state index contributed by atoms with van der Waals surface area (Å²) in [6.45, 7) is 4.16. The lowest BCUT2D eigenvalue weighted by molar-refractivity contribution is 0.0962. The van der Waals surface area contributed by atoms with Gasteiger partial charge in [-0.15, -0.1) is 0 Å². The molecule has 1 aromatic rings. The molecule has 94 valence electrons. The van der Waals surface area contributed by atoms with E-state index in [9.17, 15) is 9.18 Å². The lowest BCUT2D eigenvalue weighted by Crippen LogP contribution is -2.06. The summed E-state index contributed by atoms with van der Waals surface area (Å²) in [5.74, 6) is 0.0949. The third kappa shape index (κ3) is 3.84. The molecule has 0 bridgehead atoms. The van der Waals surface area contributed by atoms with Crippen molar-refractivity contribution < 1.29 is 13.9 Å². The number of benzene rings is 1. The smallest absolute Gasteiger partial charge is 0.165 e. The summed E-state index contributed by atoms with van der Waals surface area (Å²) in [7, 11) is 1.40. The Morgan fingerprint density at radius 2 is 2.18 bits per heavy atom. The molecule has 1 unspecified atom stereocenters. The number of methoxy groups -OCH3 is 1. The highest BCUT2D eigenvalue weighted by atomic mass is 19.1. The zero-order chi connectivity index (χ0) is 12.8. The van der Waals surface area contributed by atoms with Gasteiger partial charge in [0, 0.05) is 12.0 Å².